The van der Waals surface area contributed by atoms with Crippen molar-refractivity contribution in [2.45, 2.75) is 47.0 Å². The van der Waals surface area contributed by atoms with Crippen LogP contribution in [0.25, 0.3) is 0 Å². The molecule has 1 aliphatic carbocycles. The number of rotatable bonds is 0. The summed E-state index contributed by atoms with van der Waals surface area (Å²) in [6.07, 6.45) is 3.65. The number of hydrogen-bond donors (Lipinski definition) is 0. The number of halogens is 2. The highest BCUT2D eigenvalue weighted by Gasteiger charge is 2.40. The minimum Gasteiger partial charge on any atom is -0.0709 e. The molecule has 1 rings (SSSR count). The molecule has 0 spiro atoms. The van der Waals surface area contributed by atoms with Crippen LogP contribution in [0.3, 0.4) is 0 Å². The summed E-state index contributed by atoms with van der Waals surface area (Å²) in [5.41, 5.74) is 1.57. The van der Waals surface area contributed by atoms with Gasteiger partial charge in [-0.15, -0.1) is 0 Å². The first-order valence-electron chi connectivity index (χ1n) is 4.84. The maximum atomic E-state index is 5.97. The van der Waals surface area contributed by atoms with Crippen LogP contribution in [-0.2, 0) is 0 Å². The van der Waals surface area contributed by atoms with Crippen LogP contribution < -0.4 is 0 Å². The summed E-state index contributed by atoms with van der Waals surface area (Å²) >= 11 is 11.9. The van der Waals surface area contributed by atoms with E-state index < -0.39 is 0 Å². The average molecular weight is 221 g/mol. The van der Waals surface area contributed by atoms with Crippen LogP contribution in [0.1, 0.15) is 47.0 Å². The molecule has 1 aliphatic rings. The highest BCUT2D eigenvalue weighted by atomic mass is 35.5. The molecule has 0 amide bonds. The molecular formula is C11H18Cl2. The van der Waals surface area contributed by atoms with Crippen molar-refractivity contribution in [1.82, 2.24) is 0 Å². The summed E-state index contributed by atoms with van der Waals surface area (Å²) in [6, 6.07) is 0. The smallest absolute Gasteiger partial charge is 0.0709 e. The van der Waals surface area contributed by atoms with Crippen LogP contribution in [0.5, 0.6) is 0 Å². The summed E-state index contributed by atoms with van der Waals surface area (Å²) < 4.78 is 0.481. The predicted molar refractivity (Wildman–Crippen MR) is 60.1 cm³/mol. The van der Waals surface area contributed by atoms with Crippen molar-refractivity contribution in [2.75, 3.05) is 0 Å². The zero-order valence-electron chi connectivity index (χ0n) is 8.88. The fourth-order valence-corrected chi connectivity index (χ4v) is 3.67. The molecule has 0 radical (unpaired) electrons. The van der Waals surface area contributed by atoms with E-state index in [0.29, 0.717) is 4.49 Å². The largest absolute Gasteiger partial charge is 0.107 e. The zero-order valence-corrected chi connectivity index (χ0v) is 10.4. The van der Waals surface area contributed by atoms with E-state index in [0.717, 1.165) is 0 Å². The van der Waals surface area contributed by atoms with Gasteiger partial charge in [0, 0.05) is 0 Å². The minimum absolute atomic E-state index is 0.167. The van der Waals surface area contributed by atoms with Crippen molar-refractivity contribution in [1.29, 1.82) is 0 Å². The first-order valence-corrected chi connectivity index (χ1v) is 5.59. The number of allylic oxidation sites excluding steroid dienone is 1. The van der Waals surface area contributed by atoms with E-state index in [9.17, 15) is 0 Å². The lowest BCUT2D eigenvalue weighted by Gasteiger charge is -2.44. The molecule has 0 heterocycles. The van der Waals surface area contributed by atoms with Gasteiger partial charge < -0.3 is 0 Å². The molecule has 13 heavy (non-hydrogen) atoms. The molecule has 0 atom stereocenters. The third kappa shape index (κ3) is 2.22. The Hall–Kier alpha value is 0.320. The summed E-state index contributed by atoms with van der Waals surface area (Å²) in [6.45, 7) is 8.92. The van der Waals surface area contributed by atoms with Crippen LogP contribution in [0.15, 0.2) is 10.1 Å². The molecule has 0 aromatic heterocycles. The second kappa shape index (κ2) is 3.47. The molecule has 0 unspecified atom stereocenters. The van der Waals surface area contributed by atoms with Gasteiger partial charge in [0.2, 0.25) is 0 Å². The molecule has 1 fully saturated rings. The van der Waals surface area contributed by atoms with Crippen LogP contribution in [0.2, 0.25) is 0 Å². The second-order valence-electron chi connectivity index (χ2n) is 5.26. The van der Waals surface area contributed by atoms with Crippen LogP contribution in [0, 0.1) is 10.8 Å². The van der Waals surface area contributed by atoms with E-state index in [1.165, 1.54) is 24.8 Å². The van der Waals surface area contributed by atoms with E-state index in [-0.39, 0.29) is 10.8 Å². The van der Waals surface area contributed by atoms with Gasteiger partial charge in [-0.1, -0.05) is 57.3 Å². The lowest BCUT2D eigenvalue weighted by Crippen LogP contribution is -2.32. The van der Waals surface area contributed by atoms with Gasteiger partial charge in [0.15, 0.2) is 0 Å². The molecule has 0 N–H and O–H groups in total. The third-order valence-corrected chi connectivity index (χ3v) is 3.52. The Kier molecular flexibility index (Phi) is 3.04. The van der Waals surface area contributed by atoms with Crippen LogP contribution >= 0.6 is 23.2 Å². The molecule has 0 aliphatic heterocycles. The Labute approximate surface area is 91.3 Å². The van der Waals surface area contributed by atoms with Gasteiger partial charge in [-0.25, -0.2) is 0 Å². The van der Waals surface area contributed by atoms with Gasteiger partial charge >= 0.3 is 0 Å². The topological polar surface area (TPSA) is 0 Å². The molecule has 2 heteroatoms. The van der Waals surface area contributed by atoms with Crippen molar-refractivity contribution in [2.24, 2.45) is 10.8 Å². The van der Waals surface area contributed by atoms with E-state index in [4.69, 9.17) is 23.2 Å². The van der Waals surface area contributed by atoms with Crippen molar-refractivity contribution >= 4 is 23.2 Å². The molecule has 76 valence electrons. The zero-order chi connectivity index (χ0) is 10.3. The molecule has 0 bridgehead atoms. The molecule has 0 nitrogen and oxygen atoms in total. The number of hydrogen-bond acceptors (Lipinski definition) is 0. The van der Waals surface area contributed by atoms with E-state index >= 15 is 0 Å². The molecule has 0 aromatic carbocycles. The lowest BCUT2D eigenvalue weighted by atomic mass is 9.62. The van der Waals surface area contributed by atoms with Crippen molar-refractivity contribution in [3.05, 3.63) is 10.1 Å². The Balaban J connectivity index is 3.14. The van der Waals surface area contributed by atoms with Gasteiger partial charge in [-0.05, 0) is 29.2 Å². The Morgan fingerprint density at radius 2 is 1.38 bits per heavy atom. The first kappa shape index (κ1) is 11.4. The highest BCUT2D eigenvalue weighted by Crippen LogP contribution is 2.52. The first-order chi connectivity index (χ1) is 5.77. The molecular weight excluding hydrogens is 203 g/mol. The minimum atomic E-state index is 0.167. The fourth-order valence-electron chi connectivity index (χ4n) is 2.65. The maximum absolute atomic E-state index is 5.97. The highest BCUT2D eigenvalue weighted by molar-refractivity contribution is 6.56. The second-order valence-corrected chi connectivity index (χ2v) is 6.21. The quantitative estimate of drug-likeness (QED) is 0.545. The SMILES string of the molecule is CC1(C)CCCC(C)(C)C1=C(Cl)Cl. The Bertz CT molecular complexity index is 214. The Morgan fingerprint density at radius 1 is 1.00 bits per heavy atom. The van der Waals surface area contributed by atoms with E-state index in [1.807, 2.05) is 0 Å². The molecule has 1 saturated carbocycles. The normalized spacial score (nSPS) is 25.8. The van der Waals surface area contributed by atoms with Gasteiger partial charge in [0.05, 0.1) is 0 Å². The standard InChI is InChI=1S/C11H18Cl2/c1-10(2)6-5-7-11(3,4)8(10)9(12)13/h5-7H2,1-4H3. The summed E-state index contributed by atoms with van der Waals surface area (Å²) in [4.78, 5) is 0. The monoisotopic (exact) mass is 220 g/mol. The predicted octanol–water partition coefficient (Wildman–Crippen LogP) is 4.91. The van der Waals surface area contributed by atoms with E-state index in [2.05, 4.69) is 27.7 Å². The van der Waals surface area contributed by atoms with Gasteiger partial charge in [-0.3, -0.25) is 0 Å². The summed E-state index contributed by atoms with van der Waals surface area (Å²) in [7, 11) is 0. The van der Waals surface area contributed by atoms with E-state index in [1.54, 1.807) is 0 Å². The lowest BCUT2D eigenvalue weighted by molar-refractivity contribution is 0.215. The van der Waals surface area contributed by atoms with Crippen LogP contribution in [-0.4, -0.2) is 0 Å². The molecule has 0 saturated heterocycles. The van der Waals surface area contributed by atoms with Crippen molar-refractivity contribution in [3.63, 3.8) is 0 Å². The Morgan fingerprint density at radius 3 is 1.62 bits per heavy atom. The molecule has 0 aromatic rings. The van der Waals surface area contributed by atoms with Gasteiger partial charge in [0.25, 0.3) is 0 Å². The van der Waals surface area contributed by atoms with Gasteiger partial charge in [0.1, 0.15) is 4.49 Å². The van der Waals surface area contributed by atoms with Crippen molar-refractivity contribution < 1.29 is 0 Å². The van der Waals surface area contributed by atoms with Gasteiger partial charge in [-0.2, -0.15) is 0 Å². The average Bonchev–Trinajstić information content (AvgIpc) is 1.79. The van der Waals surface area contributed by atoms with Crippen molar-refractivity contribution in [3.8, 4) is 0 Å². The summed E-state index contributed by atoms with van der Waals surface area (Å²) in [5.74, 6) is 0. The van der Waals surface area contributed by atoms with Crippen LogP contribution in [0.4, 0.5) is 0 Å². The third-order valence-electron chi connectivity index (χ3n) is 3.15. The summed E-state index contributed by atoms with van der Waals surface area (Å²) in [5, 5.41) is 0. The fraction of sp³-hybridized carbons (Fsp3) is 0.818. The maximum Gasteiger partial charge on any atom is 0.107 e.